The Kier molecular flexibility index (Phi) is 4.29. The molecule has 23 heavy (non-hydrogen) atoms. The highest BCUT2D eigenvalue weighted by molar-refractivity contribution is 9.10. The maximum atomic E-state index is 13.4. The Labute approximate surface area is 140 Å². The van der Waals surface area contributed by atoms with Gasteiger partial charge >= 0.3 is 0 Å². The summed E-state index contributed by atoms with van der Waals surface area (Å²) >= 11 is 3.36. The Morgan fingerprint density at radius 2 is 2.22 bits per heavy atom. The van der Waals surface area contributed by atoms with Crippen molar-refractivity contribution >= 4 is 27.4 Å². The van der Waals surface area contributed by atoms with Crippen molar-refractivity contribution in [3.63, 3.8) is 0 Å². The molecule has 2 aromatic heterocycles. The first-order valence-corrected chi connectivity index (χ1v) is 7.60. The largest absolute Gasteiger partial charge is 0.497 e. The Hall–Kier alpha value is -2.41. The lowest BCUT2D eigenvalue weighted by atomic mass is 10.2. The fourth-order valence-electron chi connectivity index (χ4n) is 2.25. The first-order chi connectivity index (χ1) is 11.1. The first-order valence-electron chi connectivity index (χ1n) is 6.80. The number of fused-ring (bicyclic) bond motifs is 1. The fourth-order valence-corrected chi connectivity index (χ4v) is 2.61. The number of amides is 1. The van der Waals surface area contributed by atoms with Gasteiger partial charge in [-0.05, 0) is 45.8 Å². The van der Waals surface area contributed by atoms with Gasteiger partial charge in [0.1, 0.15) is 17.9 Å². The summed E-state index contributed by atoms with van der Waals surface area (Å²) in [6, 6.07) is 7.95. The average molecular weight is 378 g/mol. The second-order valence-electron chi connectivity index (χ2n) is 4.91. The van der Waals surface area contributed by atoms with E-state index >= 15 is 0 Å². The van der Waals surface area contributed by atoms with Gasteiger partial charge in [0.2, 0.25) is 0 Å². The Morgan fingerprint density at radius 1 is 1.39 bits per heavy atom. The molecule has 5 nitrogen and oxygen atoms in total. The molecule has 0 aliphatic carbocycles. The molecule has 118 valence electrons. The van der Waals surface area contributed by atoms with Crippen molar-refractivity contribution in [1.82, 2.24) is 14.7 Å². The molecule has 0 atom stereocenters. The number of methoxy groups -OCH3 is 1. The van der Waals surface area contributed by atoms with E-state index in [2.05, 4.69) is 26.2 Å². The van der Waals surface area contributed by atoms with Crippen LogP contribution in [0.25, 0.3) is 5.52 Å². The lowest BCUT2D eigenvalue weighted by Crippen LogP contribution is -2.23. The van der Waals surface area contributed by atoms with Crippen LogP contribution < -0.4 is 10.1 Å². The van der Waals surface area contributed by atoms with E-state index in [4.69, 9.17) is 4.74 Å². The van der Waals surface area contributed by atoms with E-state index < -0.39 is 5.82 Å². The third-order valence-electron chi connectivity index (χ3n) is 3.33. The Bertz CT molecular complexity index is 879. The van der Waals surface area contributed by atoms with Gasteiger partial charge in [0.15, 0.2) is 5.69 Å². The SMILES string of the molecule is COc1cc(F)cc(CNC(=O)c2ncn3cc(Br)ccc23)c1. The van der Waals surface area contributed by atoms with Gasteiger partial charge in [0.05, 0.1) is 12.6 Å². The molecule has 0 bridgehead atoms. The zero-order valence-electron chi connectivity index (χ0n) is 12.2. The lowest BCUT2D eigenvalue weighted by Gasteiger charge is -2.07. The van der Waals surface area contributed by atoms with Crippen LogP contribution in [0.2, 0.25) is 0 Å². The van der Waals surface area contributed by atoms with Crippen LogP contribution in [-0.4, -0.2) is 22.4 Å². The number of halogens is 2. The molecule has 0 saturated carbocycles. The van der Waals surface area contributed by atoms with Gasteiger partial charge in [-0.15, -0.1) is 0 Å². The molecule has 0 aliphatic heterocycles. The summed E-state index contributed by atoms with van der Waals surface area (Å²) in [5, 5.41) is 2.74. The summed E-state index contributed by atoms with van der Waals surface area (Å²) in [6.07, 6.45) is 3.39. The van der Waals surface area contributed by atoms with Crippen molar-refractivity contribution in [3.8, 4) is 5.75 Å². The van der Waals surface area contributed by atoms with Crippen molar-refractivity contribution in [2.75, 3.05) is 7.11 Å². The van der Waals surface area contributed by atoms with Gasteiger partial charge in [-0.3, -0.25) is 4.79 Å². The highest BCUT2D eigenvalue weighted by Gasteiger charge is 2.13. The van der Waals surface area contributed by atoms with Gasteiger partial charge in [0.25, 0.3) is 5.91 Å². The van der Waals surface area contributed by atoms with E-state index in [9.17, 15) is 9.18 Å². The number of ether oxygens (including phenoxy) is 1. The molecule has 0 unspecified atom stereocenters. The molecule has 3 rings (SSSR count). The molecule has 2 heterocycles. The van der Waals surface area contributed by atoms with E-state index in [0.29, 0.717) is 22.5 Å². The van der Waals surface area contributed by atoms with E-state index in [1.165, 1.54) is 19.2 Å². The number of aromatic nitrogens is 2. The van der Waals surface area contributed by atoms with Crippen LogP contribution in [0.4, 0.5) is 4.39 Å². The summed E-state index contributed by atoms with van der Waals surface area (Å²) < 4.78 is 21.1. The van der Waals surface area contributed by atoms with Crippen molar-refractivity contribution in [3.05, 3.63) is 64.4 Å². The molecule has 1 amide bonds. The van der Waals surface area contributed by atoms with Crippen molar-refractivity contribution in [2.24, 2.45) is 0 Å². The zero-order chi connectivity index (χ0) is 16.4. The van der Waals surface area contributed by atoms with E-state index in [-0.39, 0.29) is 12.5 Å². The third kappa shape index (κ3) is 3.34. The quantitative estimate of drug-likeness (QED) is 0.759. The van der Waals surface area contributed by atoms with Gasteiger partial charge < -0.3 is 14.5 Å². The predicted octanol–water partition coefficient (Wildman–Crippen LogP) is 3.17. The number of pyridine rings is 1. The highest BCUT2D eigenvalue weighted by atomic mass is 79.9. The molecule has 1 aromatic carbocycles. The van der Waals surface area contributed by atoms with Crippen molar-refractivity contribution < 1.29 is 13.9 Å². The maximum absolute atomic E-state index is 13.4. The van der Waals surface area contributed by atoms with Crippen LogP contribution in [-0.2, 0) is 6.54 Å². The van der Waals surface area contributed by atoms with Crippen LogP contribution in [0.5, 0.6) is 5.75 Å². The van der Waals surface area contributed by atoms with Crippen LogP contribution >= 0.6 is 15.9 Å². The van der Waals surface area contributed by atoms with Crippen molar-refractivity contribution in [1.29, 1.82) is 0 Å². The van der Waals surface area contributed by atoms with Crippen LogP contribution in [0.3, 0.4) is 0 Å². The number of hydrogen-bond acceptors (Lipinski definition) is 3. The highest BCUT2D eigenvalue weighted by Crippen LogP contribution is 2.17. The second-order valence-corrected chi connectivity index (χ2v) is 5.83. The number of nitrogens with zero attached hydrogens (tertiary/aromatic N) is 2. The first kappa shape index (κ1) is 15.5. The molecule has 0 spiro atoms. The molecule has 0 radical (unpaired) electrons. The number of benzene rings is 1. The molecule has 0 saturated heterocycles. The lowest BCUT2D eigenvalue weighted by molar-refractivity contribution is 0.0948. The maximum Gasteiger partial charge on any atom is 0.272 e. The van der Waals surface area contributed by atoms with Crippen LogP contribution in [0.15, 0.2) is 47.3 Å². The van der Waals surface area contributed by atoms with Crippen LogP contribution in [0, 0.1) is 5.82 Å². The molecular weight excluding hydrogens is 365 g/mol. The third-order valence-corrected chi connectivity index (χ3v) is 3.80. The molecule has 7 heteroatoms. The fraction of sp³-hybridized carbons (Fsp3) is 0.125. The van der Waals surface area contributed by atoms with E-state index in [1.807, 2.05) is 12.3 Å². The van der Waals surface area contributed by atoms with Gasteiger partial charge in [-0.25, -0.2) is 9.37 Å². The average Bonchev–Trinajstić information content (AvgIpc) is 2.95. The monoisotopic (exact) mass is 377 g/mol. The summed E-state index contributed by atoms with van der Waals surface area (Å²) in [4.78, 5) is 16.4. The minimum Gasteiger partial charge on any atom is -0.497 e. The van der Waals surface area contributed by atoms with Crippen LogP contribution in [0.1, 0.15) is 16.1 Å². The summed E-state index contributed by atoms with van der Waals surface area (Å²) in [7, 11) is 1.46. The zero-order valence-corrected chi connectivity index (χ0v) is 13.8. The number of carbonyl (C=O) groups excluding carboxylic acids is 1. The number of rotatable bonds is 4. The number of hydrogen-bond donors (Lipinski definition) is 1. The number of imidazole rings is 1. The second kappa shape index (κ2) is 6.37. The van der Waals surface area contributed by atoms with Crippen molar-refractivity contribution in [2.45, 2.75) is 6.54 Å². The topological polar surface area (TPSA) is 55.6 Å². The summed E-state index contributed by atoms with van der Waals surface area (Å²) in [6.45, 7) is 0.183. The number of nitrogens with one attached hydrogen (secondary N) is 1. The van der Waals surface area contributed by atoms with E-state index in [1.54, 1.807) is 22.9 Å². The Morgan fingerprint density at radius 3 is 3.00 bits per heavy atom. The molecular formula is C16H13BrFN3O2. The molecule has 0 aliphatic rings. The summed E-state index contributed by atoms with van der Waals surface area (Å²) in [5.41, 5.74) is 1.63. The number of carbonyl (C=O) groups is 1. The minimum atomic E-state index is -0.411. The summed E-state index contributed by atoms with van der Waals surface area (Å²) in [5.74, 6) is -0.324. The molecule has 3 aromatic rings. The van der Waals surface area contributed by atoms with Gasteiger partial charge in [-0.1, -0.05) is 0 Å². The van der Waals surface area contributed by atoms with Gasteiger partial charge in [0, 0.05) is 23.3 Å². The standard InChI is InChI=1S/C16H13BrFN3O2/c1-23-13-5-10(4-12(18)6-13)7-19-16(22)15-14-3-2-11(17)8-21(14)9-20-15/h2-6,8-9H,7H2,1H3,(H,19,22). The predicted molar refractivity (Wildman–Crippen MR) is 87.0 cm³/mol. The van der Waals surface area contributed by atoms with E-state index in [0.717, 1.165) is 4.47 Å². The minimum absolute atomic E-state index is 0.183. The smallest absolute Gasteiger partial charge is 0.272 e. The molecule has 0 fully saturated rings. The molecule has 1 N–H and O–H groups in total. The van der Waals surface area contributed by atoms with Gasteiger partial charge in [-0.2, -0.15) is 0 Å². The normalized spacial score (nSPS) is 10.7. The Balaban J connectivity index is 1.77.